The molecule has 0 atom stereocenters. The van der Waals surface area contributed by atoms with Crippen molar-refractivity contribution < 1.29 is 9.18 Å². The van der Waals surface area contributed by atoms with Crippen LogP contribution in [0.4, 0.5) is 4.39 Å². The van der Waals surface area contributed by atoms with E-state index in [1.165, 1.54) is 6.07 Å². The molecule has 3 nitrogen and oxygen atoms in total. The van der Waals surface area contributed by atoms with Gasteiger partial charge in [0.25, 0.3) is 0 Å². The third kappa shape index (κ3) is 5.28. The summed E-state index contributed by atoms with van der Waals surface area (Å²) in [5.41, 5.74) is 0.994. The van der Waals surface area contributed by atoms with Crippen LogP contribution in [0.3, 0.4) is 0 Å². The molecule has 1 aromatic carbocycles. The first-order chi connectivity index (χ1) is 8.93. The summed E-state index contributed by atoms with van der Waals surface area (Å²) in [6.45, 7) is 3.95. The van der Waals surface area contributed by atoms with E-state index in [1.807, 2.05) is 0 Å². The third-order valence-electron chi connectivity index (χ3n) is 2.79. The Morgan fingerprint density at radius 3 is 2.58 bits per heavy atom. The van der Waals surface area contributed by atoms with Gasteiger partial charge in [-0.3, -0.25) is 9.69 Å². The van der Waals surface area contributed by atoms with Crippen molar-refractivity contribution >= 4 is 21.8 Å². The van der Waals surface area contributed by atoms with E-state index in [9.17, 15) is 9.18 Å². The second-order valence-electron chi connectivity index (χ2n) is 4.75. The molecular formula is C14H20BrFN2O. The molecule has 0 saturated carbocycles. The molecule has 0 aliphatic carbocycles. The van der Waals surface area contributed by atoms with E-state index in [1.54, 1.807) is 31.1 Å². The third-order valence-corrected chi connectivity index (χ3v) is 3.40. The number of hydrogen-bond acceptors (Lipinski definition) is 2. The molecule has 5 heteroatoms. The van der Waals surface area contributed by atoms with Crippen LogP contribution in [0.25, 0.3) is 0 Å². The summed E-state index contributed by atoms with van der Waals surface area (Å²) < 4.78 is 13.6. The molecule has 0 radical (unpaired) electrons. The fraction of sp³-hybridized carbons (Fsp3) is 0.500. The quantitative estimate of drug-likeness (QED) is 0.800. The second-order valence-corrected chi connectivity index (χ2v) is 5.60. The van der Waals surface area contributed by atoms with Crippen molar-refractivity contribution in [2.24, 2.45) is 0 Å². The number of benzene rings is 1. The number of carbonyl (C=O) groups excluding carboxylic acids is 1. The van der Waals surface area contributed by atoms with Crippen molar-refractivity contribution in [3.8, 4) is 0 Å². The van der Waals surface area contributed by atoms with Gasteiger partial charge in [-0.05, 0) is 46.6 Å². The van der Waals surface area contributed by atoms with E-state index in [0.29, 0.717) is 17.6 Å². The van der Waals surface area contributed by atoms with E-state index in [-0.39, 0.29) is 11.7 Å². The first-order valence-electron chi connectivity index (χ1n) is 6.30. The normalized spacial score (nSPS) is 10.8. The number of hydrogen-bond donors (Lipinski definition) is 0. The summed E-state index contributed by atoms with van der Waals surface area (Å²) in [4.78, 5) is 15.4. The summed E-state index contributed by atoms with van der Waals surface area (Å²) in [5.74, 6) is -0.190. The molecule has 0 aromatic heterocycles. The Bertz CT molecular complexity index is 437. The van der Waals surface area contributed by atoms with Crippen molar-refractivity contribution in [2.75, 3.05) is 27.2 Å². The van der Waals surface area contributed by atoms with Crippen LogP contribution in [0.1, 0.15) is 18.9 Å². The highest BCUT2D eigenvalue weighted by Crippen LogP contribution is 2.18. The highest BCUT2D eigenvalue weighted by Gasteiger charge is 2.12. The molecule has 0 fully saturated rings. The molecular weight excluding hydrogens is 311 g/mol. The van der Waals surface area contributed by atoms with Gasteiger partial charge in [-0.2, -0.15) is 0 Å². The lowest BCUT2D eigenvalue weighted by atomic mass is 10.2. The summed E-state index contributed by atoms with van der Waals surface area (Å²) in [7, 11) is 3.50. The average molecular weight is 331 g/mol. The van der Waals surface area contributed by atoms with Crippen molar-refractivity contribution in [1.82, 2.24) is 9.80 Å². The Hall–Kier alpha value is -0.940. The number of halogens is 2. The molecule has 0 saturated heterocycles. The van der Waals surface area contributed by atoms with Crippen molar-refractivity contribution in [3.63, 3.8) is 0 Å². The number of rotatable bonds is 6. The minimum absolute atomic E-state index is 0.0784. The number of carbonyl (C=O) groups is 1. The van der Waals surface area contributed by atoms with Gasteiger partial charge >= 0.3 is 0 Å². The molecule has 0 aliphatic heterocycles. The van der Waals surface area contributed by atoms with Gasteiger partial charge in [0.2, 0.25) is 5.91 Å². The lowest BCUT2D eigenvalue weighted by molar-refractivity contribution is -0.130. The average Bonchev–Trinajstić information content (AvgIpc) is 2.34. The molecule has 19 heavy (non-hydrogen) atoms. The van der Waals surface area contributed by atoms with E-state index in [0.717, 1.165) is 18.5 Å². The highest BCUT2D eigenvalue weighted by molar-refractivity contribution is 9.10. The van der Waals surface area contributed by atoms with Gasteiger partial charge in [-0.15, -0.1) is 0 Å². The van der Waals surface area contributed by atoms with Crippen LogP contribution in [0.15, 0.2) is 22.7 Å². The van der Waals surface area contributed by atoms with Gasteiger partial charge < -0.3 is 4.90 Å². The minimum Gasteiger partial charge on any atom is -0.348 e. The molecule has 0 bridgehead atoms. The summed E-state index contributed by atoms with van der Waals surface area (Å²) in [6.07, 6.45) is 0.975. The number of amides is 1. The topological polar surface area (TPSA) is 23.6 Å². The molecule has 1 aromatic rings. The lowest BCUT2D eigenvalue weighted by Crippen LogP contribution is -2.36. The predicted molar refractivity (Wildman–Crippen MR) is 78.4 cm³/mol. The predicted octanol–water partition coefficient (Wildman–Crippen LogP) is 2.89. The van der Waals surface area contributed by atoms with Crippen LogP contribution in [-0.4, -0.2) is 42.9 Å². The summed E-state index contributed by atoms with van der Waals surface area (Å²) in [5, 5.41) is 0. The van der Waals surface area contributed by atoms with Crippen LogP contribution in [-0.2, 0) is 11.3 Å². The first-order valence-corrected chi connectivity index (χ1v) is 7.09. The molecule has 106 valence electrons. The summed E-state index contributed by atoms with van der Waals surface area (Å²) in [6, 6.07) is 4.96. The molecule has 1 rings (SSSR count). The lowest BCUT2D eigenvalue weighted by Gasteiger charge is -2.23. The van der Waals surface area contributed by atoms with Gasteiger partial charge in [0.05, 0.1) is 11.0 Å². The molecule has 1 amide bonds. The van der Waals surface area contributed by atoms with Crippen LogP contribution in [0.2, 0.25) is 0 Å². The van der Waals surface area contributed by atoms with E-state index in [2.05, 4.69) is 27.8 Å². The molecule has 0 spiro atoms. The Morgan fingerprint density at radius 1 is 1.37 bits per heavy atom. The Balaban J connectivity index is 2.71. The maximum atomic E-state index is 13.2. The van der Waals surface area contributed by atoms with Gasteiger partial charge in [-0.25, -0.2) is 4.39 Å². The number of likely N-dealkylation sites (N-methyl/N-ethyl adjacent to an activating group) is 1. The van der Waals surface area contributed by atoms with E-state index < -0.39 is 0 Å². The monoisotopic (exact) mass is 330 g/mol. The SMILES string of the molecule is CCCN(CC(=O)N(C)C)Cc1ccc(F)c(Br)c1. The maximum absolute atomic E-state index is 13.2. The minimum atomic E-state index is -0.268. The van der Waals surface area contributed by atoms with Crippen LogP contribution < -0.4 is 0 Å². The van der Waals surface area contributed by atoms with E-state index in [4.69, 9.17) is 0 Å². The van der Waals surface area contributed by atoms with Crippen molar-refractivity contribution in [1.29, 1.82) is 0 Å². The zero-order valence-corrected chi connectivity index (χ0v) is 13.2. The Morgan fingerprint density at radius 2 is 2.05 bits per heavy atom. The van der Waals surface area contributed by atoms with E-state index >= 15 is 0 Å². The fourth-order valence-electron chi connectivity index (χ4n) is 1.76. The van der Waals surface area contributed by atoms with Gasteiger partial charge in [0.1, 0.15) is 5.82 Å². The van der Waals surface area contributed by atoms with Gasteiger partial charge in [-0.1, -0.05) is 13.0 Å². The molecule has 0 heterocycles. The Labute approximate surface area is 122 Å². The molecule has 0 unspecified atom stereocenters. The largest absolute Gasteiger partial charge is 0.348 e. The van der Waals surface area contributed by atoms with Gasteiger partial charge in [0.15, 0.2) is 0 Å². The second kappa shape index (κ2) is 7.60. The van der Waals surface area contributed by atoms with Crippen LogP contribution in [0, 0.1) is 5.82 Å². The summed E-state index contributed by atoms with van der Waals surface area (Å²) >= 11 is 3.18. The standard InChI is InChI=1S/C14H20BrFN2O/c1-4-7-18(10-14(19)17(2)3)9-11-5-6-13(16)12(15)8-11/h5-6,8H,4,7,9-10H2,1-3H3. The molecule has 0 aliphatic rings. The number of nitrogens with zero attached hydrogens (tertiary/aromatic N) is 2. The zero-order chi connectivity index (χ0) is 14.4. The highest BCUT2D eigenvalue weighted by atomic mass is 79.9. The van der Waals surface area contributed by atoms with Gasteiger partial charge in [0, 0.05) is 20.6 Å². The maximum Gasteiger partial charge on any atom is 0.236 e. The molecule has 0 N–H and O–H groups in total. The van der Waals surface area contributed by atoms with Crippen molar-refractivity contribution in [3.05, 3.63) is 34.1 Å². The first kappa shape index (κ1) is 16.1. The van der Waals surface area contributed by atoms with Crippen molar-refractivity contribution in [2.45, 2.75) is 19.9 Å². The fourth-order valence-corrected chi connectivity index (χ4v) is 2.19. The zero-order valence-electron chi connectivity index (χ0n) is 11.6. The van der Waals surface area contributed by atoms with Crippen LogP contribution in [0.5, 0.6) is 0 Å². The Kier molecular flexibility index (Phi) is 6.45. The van der Waals surface area contributed by atoms with Crippen LogP contribution >= 0.6 is 15.9 Å². The smallest absolute Gasteiger partial charge is 0.236 e.